The Hall–Kier alpha value is -3.15. The molecule has 1 aliphatic carbocycles. The van der Waals surface area contributed by atoms with Crippen molar-refractivity contribution in [3.05, 3.63) is 77.0 Å². The van der Waals surface area contributed by atoms with Gasteiger partial charge in [0.1, 0.15) is 5.75 Å². The molecule has 1 N–H and O–H groups in total. The van der Waals surface area contributed by atoms with Crippen LogP contribution in [0.5, 0.6) is 5.75 Å². The third-order valence-electron chi connectivity index (χ3n) is 5.29. The van der Waals surface area contributed by atoms with Crippen LogP contribution in [0.15, 0.2) is 52.9 Å². The van der Waals surface area contributed by atoms with Gasteiger partial charge < -0.3 is 14.5 Å². The number of ether oxygens (including phenoxy) is 1. The summed E-state index contributed by atoms with van der Waals surface area (Å²) in [6.45, 7) is 0. The zero-order chi connectivity index (χ0) is 20.1. The van der Waals surface area contributed by atoms with Crippen molar-refractivity contribution in [2.75, 3.05) is 7.11 Å². The van der Waals surface area contributed by atoms with Gasteiger partial charge in [0.2, 0.25) is 17.7 Å². The van der Waals surface area contributed by atoms with E-state index in [-0.39, 0.29) is 11.9 Å². The Kier molecular flexibility index (Phi) is 5.89. The molecule has 0 fully saturated rings. The molecule has 0 unspecified atom stereocenters. The molecule has 0 saturated carbocycles. The maximum atomic E-state index is 12.3. The lowest BCUT2D eigenvalue weighted by Gasteiger charge is -2.11. The SMILES string of the molecule is COc1ccccc1CCc1nnc(CCC(=O)NC2Cc3ccccc3C2)o1. The van der Waals surface area contributed by atoms with Crippen LogP contribution < -0.4 is 10.1 Å². The van der Waals surface area contributed by atoms with E-state index in [1.165, 1.54) is 11.1 Å². The zero-order valence-electron chi connectivity index (χ0n) is 16.6. The summed E-state index contributed by atoms with van der Waals surface area (Å²) in [6, 6.07) is 16.4. The first kappa shape index (κ1) is 19.2. The number of fused-ring (bicyclic) bond motifs is 1. The first-order chi connectivity index (χ1) is 14.2. The topological polar surface area (TPSA) is 77.2 Å². The molecule has 4 rings (SSSR count). The summed E-state index contributed by atoms with van der Waals surface area (Å²) in [6.07, 6.45) is 3.99. The maximum absolute atomic E-state index is 12.3. The number of aryl methyl sites for hydroxylation is 3. The van der Waals surface area contributed by atoms with Crippen molar-refractivity contribution in [2.24, 2.45) is 0 Å². The molecule has 0 aliphatic heterocycles. The van der Waals surface area contributed by atoms with Crippen LogP contribution in [0.2, 0.25) is 0 Å². The van der Waals surface area contributed by atoms with Gasteiger partial charge in [-0.05, 0) is 42.0 Å². The van der Waals surface area contributed by atoms with Crippen molar-refractivity contribution < 1.29 is 13.9 Å². The van der Waals surface area contributed by atoms with Crippen LogP contribution in [0.1, 0.15) is 34.9 Å². The molecule has 0 bridgehead atoms. The van der Waals surface area contributed by atoms with Crippen LogP contribution in [-0.4, -0.2) is 29.3 Å². The highest BCUT2D eigenvalue weighted by molar-refractivity contribution is 5.76. The first-order valence-electron chi connectivity index (χ1n) is 10.0. The largest absolute Gasteiger partial charge is 0.496 e. The van der Waals surface area contributed by atoms with Gasteiger partial charge in [0.25, 0.3) is 0 Å². The average molecular weight is 391 g/mol. The normalized spacial score (nSPS) is 13.3. The maximum Gasteiger partial charge on any atom is 0.220 e. The Balaban J connectivity index is 1.23. The summed E-state index contributed by atoms with van der Waals surface area (Å²) >= 11 is 0. The van der Waals surface area contributed by atoms with Gasteiger partial charge >= 0.3 is 0 Å². The van der Waals surface area contributed by atoms with E-state index in [1.54, 1.807) is 7.11 Å². The van der Waals surface area contributed by atoms with Crippen molar-refractivity contribution in [1.82, 2.24) is 15.5 Å². The molecule has 0 spiro atoms. The monoisotopic (exact) mass is 391 g/mol. The first-order valence-corrected chi connectivity index (χ1v) is 10.0. The number of amides is 1. The Morgan fingerprint density at radius 1 is 1.00 bits per heavy atom. The number of aromatic nitrogens is 2. The lowest BCUT2D eigenvalue weighted by molar-refractivity contribution is -0.121. The number of nitrogens with one attached hydrogen (secondary N) is 1. The zero-order valence-corrected chi connectivity index (χ0v) is 16.6. The molecule has 150 valence electrons. The van der Waals surface area contributed by atoms with E-state index < -0.39 is 0 Å². The predicted octanol–water partition coefficient (Wildman–Crippen LogP) is 3.08. The molecule has 1 aromatic heterocycles. The highest BCUT2D eigenvalue weighted by atomic mass is 16.5. The molecule has 0 radical (unpaired) electrons. The number of methoxy groups -OCH3 is 1. The highest BCUT2D eigenvalue weighted by Gasteiger charge is 2.22. The molecule has 2 aromatic carbocycles. The number of hydrogen-bond donors (Lipinski definition) is 1. The number of hydrogen-bond acceptors (Lipinski definition) is 5. The van der Waals surface area contributed by atoms with E-state index in [0.29, 0.717) is 31.0 Å². The molecule has 6 nitrogen and oxygen atoms in total. The molecule has 1 heterocycles. The molecule has 1 amide bonds. The Morgan fingerprint density at radius 2 is 1.66 bits per heavy atom. The van der Waals surface area contributed by atoms with Crippen LogP contribution in [0.4, 0.5) is 0 Å². The summed E-state index contributed by atoms with van der Waals surface area (Å²) in [5, 5.41) is 11.3. The van der Waals surface area contributed by atoms with Crippen LogP contribution >= 0.6 is 0 Å². The van der Waals surface area contributed by atoms with Gasteiger partial charge in [-0.3, -0.25) is 4.79 Å². The van der Waals surface area contributed by atoms with Crippen molar-refractivity contribution in [3.63, 3.8) is 0 Å². The van der Waals surface area contributed by atoms with Crippen molar-refractivity contribution in [3.8, 4) is 5.75 Å². The minimum atomic E-state index is 0.0246. The van der Waals surface area contributed by atoms with Gasteiger partial charge in [-0.15, -0.1) is 10.2 Å². The lowest BCUT2D eigenvalue weighted by Crippen LogP contribution is -2.35. The fourth-order valence-electron chi connectivity index (χ4n) is 3.82. The van der Waals surface area contributed by atoms with Gasteiger partial charge in [-0.1, -0.05) is 42.5 Å². The summed E-state index contributed by atoms with van der Waals surface area (Å²) in [7, 11) is 1.67. The Labute approximate surface area is 170 Å². The van der Waals surface area contributed by atoms with Crippen LogP contribution in [0, 0.1) is 0 Å². The average Bonchev–Trinajstić information content (AvgIpc) is 3.37. The number of carbonyl (C=O) groups excluding carboxylic acids is 1. The lowest BCUT2D eigenvalue weighted by atomic mass is 10.1. The molecular weight excluding hydrogens is 366 g/mol. The minimum absolute atomic E-state index is 0.0246. The van der Waals surface area contributed by atoms with Gasteiger partial charge in [0.15, 0.2) is 0 Å². The molecule has 1 aliphatic rings. The third kappa shape index (κ3) is 4.83. The fraction of sp³-hybridized carbons (Fsp3) is 0.348. The molecule has 29 heavy (non-hydrogen) atoms. The molecule has 6 heteroatoms. The number of nitrogens with zero attached hydrogens (tertiary/aromatic N) is 2. The number of para-hydroxylation sites is 1. The standard InChI is InChI=1S/C23H25N3O3/c1-28-20-9-5-4-6-16(20)10-12-22-25-26-23(29-22)13-11-21(27)24-19-14-17-7-2-3-8-18(17)15-19/h2-9,19H,10-15H2,1H3,(H,24,27). The second-order valence-electron chi connectivity index (χ2n) is 7.34. The smallest absolute Gasteiger partial charge is 0.220 e. The third-order valence-corrected chi connectivity index (χ3v) is 5.29. The van der Waals surface area contributed by atoms with Crippen molar-refractivity contribution >= 4 is 5.91 Å². The van der Waals surface area contributed by atoms with E-state index in [4.69, 9.17) is 9.15 Å². The Bertz CT molecular complexity index is 958. The van der Waals surface area contributed by atoms with E-state index in [9.17, 15) is 4.79 Å². The summed E-state index contributed by atoms with van der Waals surface area (Å²) in [5.41, 5.74) is 3.76. The molecule has 0 saturated heterocycles. The van der Waals surface area contributed by atoms with Crippen molar-refractivity contribution in [2.45, 2.75) is 44.6 Å². The molecule has 3 aromatic rings. The highest BCUT2D eigenvalue weighted by Crippen LogP contribution is 2.22. The van der Waals surface area contributed by atoms with Gasteiger partial charge in [0, 0.05) is 25.3 Å². The van der Waals surface area contributed by atoms with E-state index in [1.807, 2.05) is 36.4 Å². The molecular formula is C23H25N3O3. The summed E-state index contributed by atoms with van der Waals surface area (Å²) in [5.74, 6) is 1.97. The minimum Gasteiger partial charge on any atom is -0.496 e. The van der Waals surface area contributed by atoms with E-state index in [0.717, 1.165) is 30.6 Å². The molecule has 0 atom stereocenters. The van der Waals surface area contributed by atoms with E-state index in [2.05, 4.69) is 27.6 Å². The van der Waals surface area contributed by atoms with Crippen LogP contribution in [0.3, 0.4) is 0 Å². The summed E-state index contributed by atoms with van der Waals surface area (Å²) < 4.78 is 11.1. The van der Waals surface area contributed by atoms with Crippen LogP contribution in [0.25, 0.3) is 0 Å². The van der Waals surface area contributed by atoms with Gasteiger partial charge in [-0.2, -0.15) is 0 Å². The number of benzene rings is 2. The second-order valence-corrected chi connectivity index (χ2v) is 7.34. The van der Waals surface area contributed by atoms with Crippen LogP contribution in [-0.2, 0) is 36.9 Å². The second kappa shape index (κ2) is 8.90. The Morgan fingerprint density at radius 3 is 2.38 bits per heavy atom. The van der Waals surface area contributed by atoms with Gasteiger partial charge in [-0.25, -0.2) is 0 Å². The quantitative estimate of drug-likeness (QED) is 0.639. The van der Waals surface area contributed by atoms with Crippen molar-refractivity contribution in [1.29, 1.82) is 0 Å². The number of carbonyl (C=O) groups is 1. The number of rotatable bonds is 8. The summed E-state index contributed by atoms with van der Waals surface area (Å²) in [4.78, 5) is 12.3. The van der Waals surface area contributed by atoms with E-state index >= 15 is 0 Å². The van der Waals surface area contributed by atoms with Gasteiger partial charge in [0.05, 0.1) is 7.11 Å². The fourth-order valence-corrected chi connectivity index (χ4v) is 3.82. The predicted molar refractivity (Wildman–Crippen MR) is 109 cm³/mol.